The van der Waals surface area contributed by atoms with Crippen molar-refractivity contribution >= 4 is 17.8 Å². The Morgan fingerprint density at radius 2 is 1.89 bits per heavy atom. The molecule has 1 fully saturated rings. The summed E-state index contributed by atoms with van der Waals surface area (Å²) < 4.78 is 5.30. The van der Waals surface area contributed by atoms with E-state index in [0.717, 1.165) is 38.5 Å². The maximum atomic E-state index is 11.9. The molecule has 3 N–H and O–H groups in total. The van der Waals surface area contributed by atoms with Gasteiger partial charge in [-0.3, -0.25) is 14.4 Å². The Labute approximate surface area is 158 Å². The van der Waals surface area contributed by atoms with Crippen LogP contribution < -0.4 is 10.6 Å². The molecule has 27 heavy (non-hydrogen) atoms. The molecule has 1 aliphatic carbocycles. The Bertz CT molecular complexity index is 664. The average Bonchev–Trinajstić information content (AvgIpc) is 2.92. The van der Waals surface area contributed by atoms with Gasteiger partial charge in [0.05, 0.1) is 6.42 Å². The van der Waals surface area contributed by atoms with E-state index in [1.807, 2.05) is 0 Å². The van der Waals surface area contributed by atoms with E-state index in [-0.39, 0.29) is 31.1 Å². The third kappa shape index (κ3) is 6.33. The molecule has 0 saturated heterocycles. The Hall–Kier alpha value is -2.45. The molecule has 2 rings (SSSR count). The number of aryl methyl sites for hydroxylation is 1. The molecule has 1 aromatic heterocycles. The molecule has 1 atom stereocenters. The molecule has 1 aromatic rings. The smallest absolute Gasteiger partial charge is 0.305 e. The van der Waals surface area contributed by atoms with Gasteiger partial charge in [-0.1, -0.05) is 30.8 Å². The number of aliphatic carboxylic acids is 1. The fraction of sp³-hybridized carbons (Fsp3) is 0.722. The molecule has 1 saturated carbocycles. The highest BCUT2D eigenvalue weighted by molar-refractivity contribution is 5.77. The van der Waals surface area contributed by atoms with E-state index in [4.69, 9.17) is 9.63 Å². The van der Waals surface area contributed by atoms with Gasteiger partial charge in [0.1, 0.15) is 5.54 Å². The van der Waals surface area contributed by atoms with E-state index >= 15 is 0 Å². The van der Waals surface area contributed by atoms with Crippen molar-refractivity contribution in [1.29, 1.82) is 0 Å². The van der Waals surface area contributed by atoms with E-state index in [2.05, 4.69) is 20.8 Å². The van der Waals surface area contributed by atoms with Crippen LogP contribution in [0.5, 0.6) is 0 Å². The van der Waals surface area contributed by atoms with Crippen molar-refractivity contribution in [2.75, 3.05) is 0 Å². The van der Waals surface area contributed by atoms with Crippen LogP contribution in [0.2, 0.25) is 0 Å². The van der Waals surface area contributed by atoms with Crippen LogP contribution in [-0.4, -0.2) is 39.1 Å². The summed E-state index contributed by atoms with van der Waals surface area (Å²) in [6.45, 7) is 3.12. The van der Waals surface area contributed by atoms with Crippen LogP contribution in [0.1, 0.15) is 76.9 Å². The summed E-state index contributed by atoms with van der Waals surface area (Å²) >= 11 is 0. The number of carbonyl (C=O) groups is 3. The quantitative estimate of drug-likeness (QED) is 0.584. The standard InChI is InChI=1S/C18H28N4O5/c1-12(11-16(25)26)19-14(24)7-8-15-20-17(22-27-15)18(21-13(2)23)9-5-3-4-6-10-18/h12H,3-11H2,1-2H3,(H,19,24)(H,21,23)(H,25,26). The molecule has 0 bridgehead atoms. The first-order valence-corrected chi connectivity index (χ1v) is 9.44. The minimum absolute atomic E-state index is 0.124. The lowest BCUT2D eigenvalue weighted by Crippen LogP contribution is -2.45. The maximum absolute atomic E-state index is 11.9. The van der Waals surface area contributed by atoms with E-state index in [0.29, 0.717) is 11.7 Å². The number of nitrogens with zero attached hydrogens (tertiary/aromatic N) is 2. The highest BCUT2D eigenvalue weighted by atomic mass is 16.5. The third-order valence-corrected chi connectivity index (χ3v) is 4.72. The summed E-state index contributed by atoms with van der Waals surface area (Å²) in [6, 6.07) is -0.442. The Morgan fingerprint density at radius 1 is 1.22 bits per heavy atom. The van der Waals surface area contributed by atoms with Gasteiger partial charge in [0.2, 0.25) is 17.7 Å². The van der Waals surface area contributed by atoms with Gasteiger partial charge in [0, 0.05) is 25.8 Å². The molecule has 2 amide bonds. The van der Waals surface area contributed by atoms with Gasteiger partial charge >= 0.3 is 5.97 Å². The zero-order chi connectivity index (χ0) is 19.9. The molecule has 9 nitrogen and oxygen atoms in total. The molecular formula is C18H28N4O5. The number of aromatic nitrogens is 2. The molecule has 0 spiro atoms. The fourth-order valence-electron chi connectivity index (χ4n) is 3.50. The monoisotopic (exact) mass is 380 g/mol. The molecule has 0 aliphatic heterocycles. The highest BCUT2D eigenvalue weighted by Crippen LogP contribution is 2.34. The summed E-state index contributed by atoms with van der Waals surface area (Å²) in [5.41, 5.74) is -0.609. The molecule has 1 aliphatic rings. The molecular weight excluding hydrogens is 352 g/mol. The molecule has 150 valence electrons. The summed E-state index contributed by atoms with van der Waals surface area (Å²) in [7, 11) is 0. The number of carbonyl (C=O) groups excluding carboxylic acids is 2. The SMILES string of the molecule is CC(=O)NC1(c2noc(CCC(=O)NC(C)CC(=O)O)n2)CCCCCC1. The fourth-order valence-corrected chi connectivity index (χ4v) is 3.50. The second kappa shape index (κ2) is 9.48. The van der Waals surface area contributed by atoms with Gasteiger partial charge in [-0.05, 0) is 19.8 Å². The third-order valence-electron chi connectivity index (χ3n) is 4.72. The minimum Gasteiger partial charge on any atom is -0.481 e. The lowest BCUT2D eigenvalue weighted by molar-refractivity contribution is -0.137. The molecule has 0 aromatic carbocycles. The zero-order valence-corrected chi connectivity index (χ0v) is 15.9. The van der Waals surface area contributed by atoms with Gasteiger partial charge in [-0.2, -0.15) is 4.98 Å². The van der Waals surface area contributed by atoms with E-state index in [1.54, 1.807) is 6.92 Å². The predicted octanol–water partition coefficient (Wildman–Crippen LogP) is 1.67. The maximum Gasteiger partial charge on any atom is 0.305 e. The van der Waals surface area contributed by atoms with Crippen LogP contribution in [0.4, 0.5) is 0 Å². The van der Waals surface area contributed by atoms with Crippen molar-refractivity contribution in [2.24, 2.45) is 0 Å². The summed E-state index contributed by atoms with van der Waals surface area (Å²) in [4.78, 5) is 38.7. The molecule has 9 heteroatoms. The first-order valence-electron chi connectivity index (χ1n) is 9.44. The number of carboxylic acid groups (broad SMARTS) is 1. The summed E-state index contributed by atoms with van der Waals surface area (Å²) in [6.07, 6.45) is 5.96. The van der Waals surface area contributed by atoms with E-state index in [1.165, 1.54) is 6.92 Å². The van der Waals surface area contributed by atoms with Crippen molar-refractivity contribution in [2.45, 2.75) is 83.2 Å². The number of hydrogen-bond acceptors (Lipinski definition) is 6. The zero-order valence-electron chi connectivity index (χ0n) is 15.9. The molecule has 1 heterocycles. The number of nitrogens with one attached hydrogen (secondary N) is 2. The first kappa shape index (κ1) is 20.9. The van der Waals surface area contributed by atoms with E-state index < -0.39 is 17.6 Å². The first-order chi connectivity index (χ1) is 12.8. The second-order valence-corrected chi connectivity index (χ2v) is 7.26. The second-order valence-electron chi connectivity index (χ2n) is 7.26. The topological polar surface area (TPSA) is 134 Å². The van der Waals surface area contributed by atoms with Crippen molar-refractivity contribution in [3.63, 3.8) is 0 Å². The largest absolute Gasteiger partial charge is 0.481 e. The van der Waals surface area contributed by atoms with Crippen LogP contribution in [0, 0.1) is 0 Å². The van der Waals surface area contributed by atoms with Gasteiger partial charge in [-0.15, -0.1) is 0 Å². The number of amides is 2. The van der Waals surface area contributed by atoms with Crippen LogP contribution in [0.25, 0.3) is 0 Å². The number of hydrogen-bond donors (Lipinski definition) is 3. The Balaban J connectivity index is 1.98. The van der Waals surface area contributed by atoms with Crippen molar-refractivity contribution in [3.8, 4) is 0 Å². The Kier molecular flexibility index (Phi) is 7.32. The number of carboxylic acids is 1. The van der Waals surface area contributed by atoms with Crippen LogP contribution in [0.3, 0.4) is 0 Å². The van der Waals surface area contributed by atoms with Crippen LogP contribution in [0.15, 0.2) is 4.52 Å². The van der Waals surface area contributed by atoms with Gasteiger partial charge < -0.3 is 20.3 Å². The van der Waals surface area contributed by atoms with Crippen LogP contribution >= 0.6 is 0 Å². The van der Waals surface area contributed by atoms with E-state index in [9.17, 15) is 14.4 Å². The lowest BCUT2D eigenvalue weighted by Gasteiger charge is -2.30. The molecule has 1 unspecified atom stereocenters. The minimum atomic E-state index is -0.962. The molecule has 0 radical (unpaired) electrons. The normalized spacial score (nSPS) is 17.6. The summed E-state index contributed by atoms with van der Waals surface area (Å²) in [5.74, 6) is -0.560. The van der Waals surface area contributed by atoms with Gasteiger partial charge in [0.15, 0.2) is 5.82 Å². The summed E-state index contributed by atoms with van der Waals surface area (Å²) in [5, 5.41) is 18.4. The Morgan fingerprint density at radius 3 is 2.48 bits per heavy atom. The predicted molar refractivity (Wildman–Crippen MR) is 95.7 cm³/mol. The van der Waals surface area contributed by atoms with Gasteiger partial charge in [0.25, 0.3) is 0 Å². The van der Waals surface area contributed by atoms with Gasteiger partial charge in [-0.25, -0.2) is 0 Å². The van der Waals surface area contributed by atoms with Crippen molar-refractivity contribution in [3.05, 3.63) is 11.7 Å². The number of rotatable bonds is 8. The lowest BCUT2D eigenvalue weighted by atomic mass is 9.89. The van der Waals surface area contributed by atoms with Crippen LogP contribution in [-0.2, 0) is 26.3 Å². The average molecular weight is 380 g/mol. The van der Waals surface area contributed by atoms with Crippen molar-refractivity contribution < 1.29 is 24.0 Å². The van der Waals surface area contributed by atoms with Crippen molar-refractivity contribution in [1.82, 2.24) is 20.8 Å². The highest BCUT2D eigenvalue weighted by Gasteiger charge is 2.38.